The Kier molecular flexibility index (Phi) is 5.53. The van der Waals surface area contributed by atoms with Crippen molar-refractivity contribution in [3.05, 3.63) is 53.4 Å². The van der Waals surface area contributed by atoms with E-state index in [0.29, 0.717) is 28.1 Å². The van der Waals surface area contributed by atoms with Gasteiger partial charge in [-0.3, -0.25) is 4.72 Å². The molecule has 6 nitrogen and oxygen atoms in total. The van der Waals surface area contributed by atoms with Gasteiger partial charge >= 0.3 is 0 Å². The van der Waals surface area contributed by atoms with E-state index in [2.05, 4.69) is 14.9 Å². The first kappa shape index (κ1) is 18.3. The highest BCUT2D eigenvalue weighted by molar-refractivity contribution is 7.94. The Morgan fingerprint density at radius 2 is 1.77 bits per heavy atom. The average molecular weight is 390 g/mol. The fraction of sp³-hybridized carbons (Fsp3) is 0.222. The molecule has 0 amide bonds. The van der Waals surface area contributed by atoms with E-state index in [1.807, 2.05) is 26.0 Å². The SMILES string of the molecule is CCOc1ccc(-c2ccc(NS(=O)(=O)c3ccc(CC)s3)cc2)nn1. The van der Waals surface area contributed by atoms with Crippen molar-refractivity contribution >= 4 is 27.0 Å². The van der Waals surface area contributed by atoms with Crippen LogP contribution in [-0.2, 0) is 16.4 Å². The molecule has 0 saturated heterocycles. The molecule has 1 aromatic carbocycles. The number of rotatable bonds is 7. The van der Waals surface area contributed by atoms with Crippen molar-refractivity contribution in [3.63, 3.8) is 0 Å². The second-order valence-electron chi connectivity index (χ2n) is 5.45. The molecular weight excluding hydrogens is 370 g/mol. The largest absolute Gasteiger partial charge is 0.477 e. The van der Waals surface area contributed by atoms with Crippen molar-refractivity contribution in [2.45, 2.75) is 24.5 Å². The van der Waals surface area contributed by atoms with E-state index < -0.39 is 10.0 Å². The summed E-state index contributed by atoms with van der Waals surface area (Å²) in [5.41, 5.74) is 2.03. The molecule has 136 valence electrons. The Bertz CT molecular complexity index is 966. The fourth-order valence-electron chi connectivity index (χ4n) is 2.31. The fourth-order valence-corrected chi connectivity index (χ4v) is 4.66. The summed E-state index contributed by atoms with van der Waals surface area (Å²) in [6, 6.07) is 14.1. The molecule has 3 aromatic rings. The monoisotopic (exact) mass is 389 g/mol. The van der Waals surface area contributed by atoms with Crippen LogP contribution in [0.5, 0.6) is 5.88 Å². The smallest absolute Gasteiger partial charge is 0.271 e. The summed E-state index contributed by atoms with van der Waals surface area (Å²) in [6.45, 7) is 4.42. The van der Waals surface area contributed by atoms with E-state index in [9.17, 15) is 8.42 Å². The first-order valence-electron chi connectivity index (χ1n) is 8.20. The number of hydrogen-bond donors (Lipinski definition) is 1. The summed E-state index contributed by atoms with van der Waals surface area (Å²) in [5, 5.41) is 8.11. The van der Waals surface area contributed by atoms with Crippen LogP contribution >= 0.6 is 11.3 Å². The summed E-state index contributed by atoms with van der Waals surface area (Å²) in [7, 11) is -3.57. The highest BCUT2D eigenvalue weighted by atomic mass is 32.2. The minimum Gasteiger partial charge on any atom is -0.477 e. The minimum atomic E-state index is -3.57. The molecule has 1 N–H and O–H groups in total. The lowest BCUT2D eigenvalue weighted by molar-refractivity contribution is 0.323. The number of nitrogens with one attached hydrogen (secondary N) is 1. The molecule has 0 spiro atoms. The third-order valence-corrected chi connectivity index (χ3v) is 6.72. The first-order valence-corrected chi connectivity index (χ1v) is 10.5. The zero-order chi connectivity index (χ0) is 18.6. The molecule has 0 aliphatic carbocycles. The molecule has 8 heteroatoms. The van der Waals surface area contributed by atoms with Crippen molar-refractivity contribution in [3.8, 4) is 17.1 Å². The molecule has 0 fully saturated rings. The van der Waals surface area contributed by atoms with Crippen LogP contribution < -0.4 is 9.46 Å². The number of aromatic nitrogens is 2. The lowest BCUT2D eigenvalue weighted by Crippen LogP contribution is -2.11. The molecule has 0 atom stereocenters. The van der Waals surface area contributed by atoms with Gasteiger partial charge in [0.1, 0.15) is 4.21 Å². The Balaban J connectivity index is 1.74. The van der Waals surface area contributed by atoms with E-state index in [-0.39, 0.29) is 0 Å². The molecule has 2 aromatic heterocycles. The Morgan fingerprint density at radius 3 is 2.35 bits per heavy atom. The van der Waals surface area contributed by atoms with Gasteiger partial charge in [-0.1, -0.05) is 19.1 Å². The summed E-state index contributed by atoms with van der Waals surface area (Å²) >= 11 is 1.28. The topological polar surface area (TPSA) is 81.2 Å². The van der Waals surface area contributed by atoms with Gasteiger partial charge in [-0.05, 0) is 43.7 Å². The van der Waals surface area contributed by atoms with Gasteiger partial charge in [0.05, 0.1) is 12.3 Å². The molecule has 0 saturated carbocycles. The van der Waals surface area contributed by atoms with Crippen molar-refractivity contribution in [1.29, 1.82) is 0 Å². The quantitative estimate of drug-likeness (QED) is 0.661. The minimum absolute atomic E-state index is 0.316. The molecule has 0 bridgehead atoms. The maximum absolute atomic E-state index is 12.4. The summed E-state index contributed by atoms with van der Waals surface area (Å²) in [6.07, 6.45) is 0.817. The summed E-state index contributed by atoms with van der Waals surface area (Å²) < 4.78 is 33.1. The average Bonchev–Trinajstić information content (AvgIpc) is 3.13. The van der Waals surface area contributed by atoms with Crippen LogP contribution in [-0.4, -0.2) is 25.2 Å². The standard InChI is InChI=1S/C18H19N3O3S2/c1-3-15-9-12-18(25-15)26(22,23)21-14-7-5-13(6-8-14)16-10-11-17(20-19-16)24-4-2/h5-12,21H,3-4H2,1-2H3. The van der Waals surface area contributed by atoms with Crippen LogP contribution in [0.1, 0.15) is 18.7 Å². The van der Waals surface area contributed by atoms with Crippen LogP contribution in [0.4, 0.5) is 5.69 Å². The van der Waals surface area contributed by atoms with Crippen molar-refractivity contribution in [1.82, 2.24) is 10.2 Å². The molecule has 0 unspecified atom stereocenters. The molecule has 0 radical (unpaired) electrons. The lowest BCUT2D eigenvalue weighted by Gasteiger charge is -2.07. The lowest BCUT2D eigenvalue weighted by atomic mass is 10.1. The number of ether oxygens (including phenoxy) is 1. The van der Waals surface area contributed by atoms with Crippen LogP contribution in [0.15, 0.2) is 52.7 Å². The predicted molar refractivity (Wildman–Crippen MR) is 103 cm³/mol. The van der Waals surface area contributed by atoms with E-state index in [0.717, 1.165) is 16.9 Å². The summed E-state index contributed by atoms with van der Waals surface area (Å²) in [4.78, 5) is 1.04. The maximum Gasteiger partial charge on any atom is 0.271 e. The number of sulfonamides is 1. The van der Waals surface area contributed by atoms with Gasteiger partial charge in [-0.25, -0.2) is 8.42 Å². The van der Waals surface area contributed by atoms with Crippen molar-refractivity contribution in [2.24, 2.45) is 0 Å². The second kappa shape index (κ2) is 7.84. The van der Waals surface area contributed by atoms with E-state index >= 15 is 0 Å². The van der Waals surface area contributed by atoms with Gasteiger partial charge < -0.3 is 4.74 Å². The zero-order valence-electron chi connectivity index (χ0n) is 14.5. The third-order valence-electron chi connectivity index (χ3n) is 3.62. The highest BCUT2D eigenvalue weighted by Crippen LogP contribution is 2.26. The molecule has 3 rings (SSSR count). The molecular formula is C18H19N3O3S2. The number of anilines is 1. The van der Waals surface area contributed by atoms with Crippen LogP contribution in [0, 0.1) is 0 Å². The Labute approximate surface area is 156 Å². The molecule has 0 aliphatic rings. The normalized spacial score (nSPS) is 11.3. The van der Waals surface area contributed by atoms with Crippen LogP contribution in [0.2, 0.25) is 0 Å². The van der Waals surface area contributed by atoms with Gasteiger partial charge in [0.15, 0.2) is 0 Å². The first-order chi connectivity index (χ1) is 12.5. The molecule has 0 aliphatic heterocycles. The number of benzene rings is 1. The Morgan fingerprint density at radius 1 is 1.00 bits per heavy atom. The maximum atomic E-state index is 12.4. The molecule has 26 heavy (non-hydrogen) atoms. The van der Waals surface area contributed by atoms with Gasteiger partial charge in [0, 0.05) is 22.2 Å². The van der Waals surface area contributed by atoms with Crippen LogP contribution in [0.25, 0.3) is 11.3 Å². The number of thiophene rings is 1. The van der Waals surface area contributed by atoms with Crippen molar-refractivity contribution in [2.75, 3.05) is 11.3 Å². The Hall–Kier alpha value is -2.45. The molecule has 2 heterocycles. The third kappa shape index (κ3) is 4.20. The van der Waals surface area contributed by atoms with E-state index in [1.165, 1.54) is 11.3 Å². The van der Waals surface area contributed by atoms with Gasteiger partial charge in [0.25, 0.3) is 10.0 Å². The van der Waals surface area contributed by atoms with Gasteiger partial charge in [0.2, 0.25) is 5.88 Å². The zero-order valence-corrected chi connectivity index (χ0v) is 16.1. The van der Waals surface area contributed by atoms with Crippen molar-refractivity contribution < 1.29 is 13.2 Å². The summed E-state index contributed by atoms with van der Waals surface area (Å²) in [5.74, 6) is 0.475. The number of hydrogen-bond acceptors (Lipinski definition) is 6. The predicted octanol–water partition coefficient (Wildman–Crippen LogP) is 3.97. The highest BCUT2D eigenvalue weighted by Gasteiger charge is 2.16. The number of aryl methyl sites for hydroxylation is 1. The van der Waals surface area contributed by atoms with Gasteiger partial charge in [-0.2, -0.15) is 0 Å². The van der Waals surface area contributed by atoms with Gasteiger partial charge in [-0.15, -0.1) is 21.5 Å². The number of nitrogens with zero attached hydrogens (tertiary/aromatic N) is 2. The van der Waals surface area contributed by atoms with E-state index in [4.69, 9.17) is 4.74 Å². The van der Waals surface area contributed by atoms with Crippen LogP contribution in [0.3, 0.4) is 0 Å². The van der Waals surface area contributed by atoms with E-state index in [1.54, 1.807) is 36.4 Å². The second-order valence-corrected chi connectivity index (χ2v) is 8.52.